The second-order valence-corrected chi connectivity index (χ2v) is 7.14. The molecular formula is C23H28N2O5. The zero-order valence-electron chi connectivity index (χ0n) is 17.5. The maximum Gasteiger partial charge on any atom is 0.410 e. The Morgan fingerprint density at radius 3 is 2.47 bits per heavy atom. The lowest BCUT2D eigenvalue weighted by molar-refractivity contribution is -0.143. The van der Waals surface area contributed by atoms with Gasteiger partial charge in [-0.1, -0.05) is 30.3 Å². The van der Waals surface area contributed by atoms with Crippen molar-refractivity contribution in [3.05, 3.63) is 59.2 Å². The summed E-state index contributed by atoms with van der Waals surface area (Å²) in [6.07, 6.45) is -0.275. The fourth-order valence-corrected chi connectivity index (χ4v) is 3.16. The summed E-state index contributed by atoms with van der Waals surface area (Å²) in [5.41, 5.74) is 5.07. The Labute approximate surface area is 176 Å². The van der Waals surface area contributed by atoms with E-state index in [0.29, 0.717) is 26.3 Å². The average Bonchev–Trinajstić information content (AvgIpc) is 2.76. The van der Waals surface area contributed by atoms with E-state index in [9.17, 15) is 9.59 Å². The van der Waals surface area contributed by atoms with Crippen molar-refractivity contribution in [3.63, 3.8) is 0 Å². The minimum Gasteiger partial charge on any atom is -0.462 e. The zero-order chi connectivity index (χ0) is 21.3. The lowest BCUT2D eigenvalue weighted by Gasteiger charge is -2.25. The number of benzene rings is 2. The van der Waals surface area contributed by atoms with Gasteiger partial charge in [-0.3, -0.25) is 4.79 Å². The predicted molar refractivity (Wildman–Crippen MR) is 114 cm³/mol. The normalized spacial score (nSPS) is 13.6. The van der Waals surface area contributed by atoms with E-state index < -0.39 is 6.09 Å². The van der Waals surface area contributed by atoms with Gasteiger partial charge < -0.3 is 24.4 Å². The van der Waals surface area contributed by atoms with Crippen LogP contribution in [0.15, 0.2) is 42.5 Å². The summed E-state index contributed by atoms with van der Waals surface area (Å²) in [6, 6.07) is 13.7. The molecule has 1 N–H and O–H groups in total. The number of aryl methyl sites for hydroxylation is 1. The summed E-state index contributed by atoms with van der Waals surface area (Å²) >= 11 is 0. The first kappa shape index (κ1) is 21.6. The van der Waals surface area contributed by atoms with Crippen molar-refractivity contribution in [1.82, 2.24) is 4.90 Å². The molecule has 0 bridgehead atoms. The molecule has 1 amide bonds. The first-order chi connectivity index (χ1) is 14.5. The van der Waals surface area contributed by atoms with Gasteiger partial charge in [0.15, 0.2) is 0 Å². The predicted octanol–water partition coefficient (Wildman–Crippen LogP) is 3.60. The Bertz CT molecular complexity index is 878. The number of hydrogen-bond acceptors (Lipinski definition) is 6. The SMILES string of the molecule is Cc1cccc(Nc2ccccc2CC(=O)OCCOC(=O)N2CCOCC2)c1C. The third-order valence-electron chi connectivity index (χ3n) is 5.07. The topological polar surface area (TPSA) is 77.1 Å². The van der Waals surface area contributed by atoms with Gasteiger partial charge >= 0.3 is 12.1 Å². The number of carbonyl (C=O) groups excluding carboxylic acids is 2. The van der Waals surface area contributed by atoms with Crippen LogP contribution in [0.4, 0.5) is 16.2 Å². The highest BCUT2D eigenvalue weighted by Gasteiger charge is 2.18. The summed E-state index contributed by atoms with van der Waals surface area (Å²) in [5, 5.41) is 3.41. The largest absolute Gasteiger partial charge is 0.462 e. The summed E-state index contributed by atoms with van der Waals surface area (Å²) in [5.74, 6) is -0.368. The number of nitrogens with one attached hydrogen (secondary N) is 1. The van der Waals surface area contributed by atoms with Crippen molar-refractivity contribution in [3.8, 4) is 0 Å². The molecule has 30 heavy (non-hydrogen) atoms. The van der Waals surface area contributed by atoms with E-state index in [1.54, 1.807) is 4.90 Å². The lowest BCUT2D eigenvalue weighted by Crippen LogP contribution is -2.41. The molecular weight excluding hydrogens is 384 g/mol. The third kappa shape index (κ3) is 5.97. The van der Waals surface area contributed by atoms with Gasteiger partial charge in [-0.15, -0.1) is 0 Å². The highest BCUT2D eigenvalue weighted by molar-refractivity contribution is 5.77. The zero-order valence-corrected chi connectivity index (χ0v) is 17.5. The minimum atomic E-state index is -0.405. The monoisotopic (exact) mass is 412 g/mol. The van der Waals surface area contributed by atoms with Crippen molar-refractivity contribution in [2.75, 3.05) is 44.8 Å². The van der Waals surface area contributed by atoms with E-state index in [-0.39, 0.29) is 25.6 Å². The second kappa shape index (κ2) is 10.6. The standard InChI is InChI=1S/C23H28N2O5/c1-17-6-5-9-20(18(17)2)24-21-8-4-3-7-19(21)16-22(26)29-14-15-30-23(27)25-10-12-28-13-11-25/h3-9,24H,10-16H2,1-2H3. The molecule has 2 aromatic carbocycles. The highest BCUT2D eigenvalue weighted by atomic mass is 16.6. The number of para-hydroxylation sites is 1. The van der Waals surface area contributed by atoms with Crippen molar-refractivity contribution in [2.45, 2.75) is 20.3 Å². The number of nitrogens with zero attached hydrogens (tertiary/aromatic N) is 1. The smallest absolute Gasteiger partial charge is 0.410 e. The molecule has 7 heteroatoms. The van der Waals surface area contributed by atoms with Crippen molar-refractivity contribution >= 4 is 23.4 Å². The van der Waals surface area contributed by atoms with Crippen LogP contribution < -0.4 is 5.32 Å². The Hall–Kier alpha value is -3.06. The molecule has 7 nitrogen and oxygen atoms in total. The van der Waals surface area contributed by atoms with Crippen LogP contribution in [0.25, 0.3) is 0 Å². The molecule has 0 radical (unpaired) electrons. The van der Waals surface area contributed by atoms with Gasteiger partial charge in [-0.05, 0) is 42.7 Å². The summed E-state index contributed by atoms with van der Waals surface area (Å²) in [4.78, 5) is 25.8. The number of morpholine rings is 1. The summed E-state index contributed by atoms with van der Waals surface area (Å²) < 4.78 is 15.6. The molecule has 1 aliphatic rings. The van der Waals surface area contributed by atoms with Crippen LogP contribution in [0.5, 0.6) is 0 Å². The molecule has 0 unspecified atom stereocenters. The molecule has 1 fully saturated rings. The van der Waals surface area contributed by atoms with Crippen LogP contribution >= 0.6 is 0 Å². The second-order valence-electron chi connectivity index (χ2n) is 7.14. The molecule has 3 rings (SSSR count). The number of carbonyl (C=O) groups is 2. The van der Waals surface area contributed by atoms with Crippen molar-refractivity contribution in [1.29, 1.82) is 0 Å². The van der Waals surface area contributed by atoms with Gasteiger partial charge in [-0.2, -0.15) is 0 Å². The highest BCUT2D eigenvalue weighted by Crippen LogP contribution is 2.25. The molecule has 1 saturated heterocycles. The van der Waals surface area contributed by atoms with E-state index in [4.69, 9.17) is 14.2 Å². The van der Waals surface area contributed by atoms with E-state index >= 15 is 0 Å². The average molecular weight is 412 g/mol. The first-order valence-corrected chi connectivity index (χ1v) is 10.1. The summed E-state index contributed by atoms with van der Waals surface area (Å²) in [6.45, 7) is 6.25. The van der Waals surface area contributed by atoms with Crippen LogP contribution in [-0.2, 0) is 25.4 Å². The van der Waals surface area contributed by atoms with E-state index in [1.807, 2.05) is 36.4 Å². The van der Waals surface area contributed by atoms with E-state index in [0.717, 1.165) is 22.5 Å². The number of amides is 1. The molecule has 0 aliphatic carbocycles. The molecule has 0 saturated carbocycles. The third-order valence-corrected chi connectivity index (χ3v) is 5.07. The number of rotatable bonds is 7. The number of anilines is 2. The molecule has 0 aromatic heterocycles. The lowest BCUT2D eigenvalue weighted by atomic mass is 10.1. The fourth-order valence-electron chi connectivity index (χ4n) is 3.16. The van der Waals surface area contributed by atoms with Gasteiger partial charge in [0.2, 0.25) is 0 Å². The van der Waals surface area contributed by atoms with Crippen molar-refractivity contribution < 1.29 is 23.8 Å². The van der Waals surface area contributed by atoms with E-state index in [2.05, 4.69) is 25.2 Å². The van der Waals surface area contributed by atoms with Gasteiger partial charge in [0.1, 0.15) is 13.2 Å². The van der Waals surface area contributed by atoms with Gasteiger partial charge in [0.05, 0.1) is 19.6 Å². The minimum absolute atomic E-state index is 0.0293. The first-order valence-electron chi connectivity index (χ1n) is 10.1. The van der Waals surface area contributed by atoms with Crippen LogP contribution in [-0.4, -0.2) is 56.5 Å². The molecule has 2 aromatic rings. The number of esters is 1. The Morgan fingerprint density at radius 1 is 0.967 bits per heavy atom. The van der Waals surface area contributed by atoms with E-state index in [1.165, 1.54) is 5.56 Å². The molecule has 0 spiro atoms. The molecule has 0 atom stereocenters. The number of hydrogen-bond donors (Lipinski definition) is 1. The molecule has 160 valence electrons. The van der Waals surface area contributed by atoms with Crippen LogP contribution in [0.2, 0.25) is 0 Å². The Balaban J connectivity index is 1.48. The Morgan fingerprint density at radius 2 is 1.67 bits per heavy atom. The Kier molecular flexibility index (Phi) is 7.68. The van der Waals surface area contributed by atoms with Gasteiger partial charge in [-0.25, -0.2) is 4.79 Å². The molecule has 1 aliphatic heterocycles. The summed E-state index contributed by atoms with van der Waals surface area (Å²) in [7, 11) is 0. The van der Waals surface area contributed by atoms with Crippen LogP contribution in [0.1, 0.15) is 16.7 Å². The van der Waals surface area contributed by atoms with Gasteiger partial charge in [0.25, 0.3) is 0 Å². The number of ether oxygens (including phenoxy) is 3. The molecule has 1 heterocycles. The van der Waals surface area contributed by atoms with Crippen LogP contribution in [0.3, 0.4) is 0 Å². The van der Waals surface area contributed by atoms with Crippen LogP contribution in [0, 0.1) is 13.8 Å². The maximum absolute atomic E-state index is 12.3. The quantitative estimate of drug-likeness (QED) is 0.553. The van der Waals surface area contributed by atoms with Gasteiger partial charge in [0, 0.05) is 24.5 Å². The maximum atomic E-state index is 12.3. The van der Waals surface area contributed by atoms with Crippen molar-refractivity contribution in [2.24, 2.45) is 0 Å². The fraction of sp³-hybridized carbons (Fsp3) is 0.391.